The van der Waals surface area contributed by atoms with E-state index < -0.39 is 0 Å². The zero-order valence-electron chi connectivity index (χ0n) is 30.8. The summed E-state index contributed by atoms with van der Waals surface area (Å²) >= 11 is 0. The van der Waals surface area contributed by atoms with Gasteiger partial charge < -0.3 is 9.47 Å². The van der Waals surface area contributed by atoms with Crippen molar-refractivity contribution in [1.82, 2.24) is 4.98 Å². The molecular formula is C51H37N3O2+2. The third-order valence-corrected chi connectivity index (χ3v) is 9.67. The molecule has 0 bridgehead atoms. The summed E-state index contributed by atoms with van der Waals surface area (Å²) in [5, 5.41) is 0. The van der Waals surface area contributed by atoms with Crippen molar-refractivity contribution in [3.8, 4) is 78.8 Å². The number of ether oxygens (including phenoxy) is 2. The maximum absolute atomic E-state index is 6.77. The summed E-state index contributed by atoms with van der Waals surface area (Å²) in [6.07, 6.45) is 5.84. The number of benzene rings is 7. The van der Waals surface area contributed by atoms with E-state index in [4.69, 9.17) is 14.5 Å². The lowest BCUT2D eigenvalue weighted by Crippen LogP contribution is -1.97. The van der Waals surface area contributed by atoms with Crippen LogP contribution in [0.1, 0.15) is 0 Å². The van der Waals surface area contributed by atoms with Gasteiger partial charge in [0, 0.05) is 17.8 Å². The summed E-state index contributed by atoms with van der Waals surface area (Å²) in [6, 6.07) is 67.6. The van der Waals surface area contributed by atoms with Crippen LogP contribution in [-0.4, -0.2) is 27.2 Å². The molecule has 266 valence electrons. The molecule has 0 N–H and O–H groups in total. The number of hydrogen-bond acceptors (Lipinski definition) is 3. The topological polar surface area (TPSA) is 37.4 Å². The van der Waals surface area contributed by atoms with Gasteiger partial charge >= 0.3 is 6.01 Å². The molecule has 1 aliphatic heterocycles. The monoisotopic (exact) mass is 723 g/mol. The molecule has 0 unspecified atom stereocenters. The lowest BCUT2D eigenvalue weighted by Gasteiger charge is -2.17. The van der Waals surface area contributed by atoms with Gasteiger partial charge in [-0.3, -0.25) is 4.98 Å². The number of aromatic nitrogens is 1. The van der Waals surface area contributed by atoms with Gasteiger partial charge in [-0.15, -0.1) is 0 Å². The molecule has 56 heavy (non-hydrogen) atoms. The van der Waals surface area contributed by atoms with Crippen LogP contribution in [0.15, 0.2) is 207 Å². The summed E-state index contributed by atoms with van der Waals surface area (Å²) in [5.41, 5.74) is 11.5. The van der Waals surface area contributed by atoms with E-state index in [9.17, 15) is 0 Å². The Balaban J connectivity index is 1.10. The molecular weight excluding hydrogens is 687 g/mol. The van der Waals surface area contributed by atoms with E-state index in [-0.39, 0.29) is 0 Å². The minimum Gasteiger partial charge on any atom is -0.457 e. The molecule has 5 nitrogen and oxygen atoms in total. The van der Waals surface area contributed by atoms with Crippen LogP contribution in [0, 0.1) is 0 Å². The fraction of sp³-hybridized carbons (Fsp3) is 0.0196. The van der Waals surface area contributed by atoms with Gasteiger partial charge in [-0.2, -0.15) is 0 Å². The van der Waals surface area contributed by atoms with E-state index >= 15 is 0 Å². The number of para-hydroxylation sites is 1. The van der Waals surface area contributed by atoms with Crippen molar-refractivity contribution in [2.45, 2.75) is 0 Å². The van der Waals surface area contributed by atoms with Crippen LogP contribution in [0.25, 0.3) is 55.8 Å². The minimum absolute atomic E-state index is 0.706. The summed E-state index contributed by atoms with van der Waals surface area (Å²) in [5.74, 6) is 2.99. The molecule has 9 rings (SSSR count). The second kappa shape index (κ2) is 15.4. The highest BCUT2D eigenvalue weighted by Crippen LogP contribution is 2.43. The number of nitrogens with zero attached hydrogens (tertiary/aromatic N) is 3. The molecule has 0 amide bonds. The Morgan fingerprint density at radius 3 is 1.62 bits per heavy atom. The SMILES string of the molecule is C[N+]1=C=[N+](c2cc(Oc3cccc(-c4cc(-c5cccc(Oc6ccccc6)c5)ccn4)c3)cc(-c3c(-c4ccccc4)cccc3-c3ccccc3)c2)C=C1. The third kappa shape index (κ3) is 7.44. The first-order valence-electron chi connectivity index (χ1n) is 18.6. The second-order valence-electron chi connectivity index (χ2n) is 13.6. The summed E-state index contributed by atoms with van der Waals surface area (Å²) < 4.78 is 16.8. The Hall–Kier alpha value is -7.59. The van der Waals surface area contributed by atoms with Crippen molar-refractivity contribution in [2.75, 3.05) is 7.05 Å². The zero-order chi connectivity index (χ0) is 37.7. The maximum atomic E-state index is 6.77. The van der Waals surface area contributed by atoms with Crippen LogP contribution < -0.4 is 9.47 Å². The number of hydrogen-bond donors (Lipinski definition) is 0. The molecule has 1 aliphatic rings. The average Bonchev–Trinajstić information content (AvgIpc) is 3.71. The van der Waals surface area contributed by atoms with Gasteiger partial charge in [-0.1, -0.05) is 130 Å². The molecule has 0 aliphatic carbocycles. The van der Waals surface area contributed by atoms with Crippen LogP contribution in [0.4, 0.5) is 5.69 Å². The predicted octanol–water partition coefficient (Wildman–Crippen LogP) is 12.9. The maximum Gasteiger partial charge on any atom is 0.495 e. The Labute approximate surface area is 326 Å². The van der Waals surface area contributed by atoms with Crippen molar-refractivity contribution in [1.29, 1.82) is 0 Å². The van der Waals surface area contributed by atoms with Gasteiger partial charge in [0.2, 0.25) is 11.9 Å². The molecule has 7 aromatic carbocycles. The molecule has 8 aromatic rings. The molecule has 5 heteroatoms. The van der Waals surface area contributed by atoms with Crippen molar-refractivity contribution >= 4 is 11.7 Å². The van der Waals surface area contributed by atoms with E-state index in [1.807, 2.05) is 102 Å². The van der Waals surface area contributed by atoms with Crippen LogP contribution in [0.5, 0.6) is 23.0 Å². The Kier molecular flexibility index (Phi) is 9.41. The van der Waals surface area contributed by atoms with Crippen LogP contribution in [-0.2, 0) is 0 Å². The fourth-order valence-electron chi connectivity index (χ4n) is 7.04. The lowest BCUT2D eigenvalue weighted by molar-refractivity contribution is -0.429. The highest BCUT2D eigenvalue weighted by Gasteiger charge is 2.22. The molecule has 2 heterocycles. The van der Waals surface area contributed by atoms with Gasteiger partial charge in [0.15, 0.2) is 7.05 Å². The first kappa shape index (κ1) is 34.2. The molecule has 0 fully saturated rings. The quantitative estimate of drug-likeness (QED) is 0.132. The van der Waals surface area contributed by atoms with E-state index in [0.717, 1.165) is 73.0 Å². The average molecular weight is 724 g/mol. The van der Waals surface area contributed by atoms with Crippen molar-refractivity contribution in [3.05, 3.63) is 207 Å². The molecule has 1 aromatic heterocycles. The van der Waals surface area contributed by atoms with Crippen LogP contribution in [0.3, 0.4) is 0 Å². The van der Waals surface area contributed by atoms with E-state index in [2.05, 4.69) is 127 Å². The highest BCUT2D eigenvalue weighted by molar-refractivity contribution is 5.95. The van der Waals surface area contributed by atoms with E-state index in [0.29, 0.717) is 11.5 Å². The zero-order valence-corrected chi connectivity index (χ0v) is 30.8. The van der Waals surface area contributed by atoms with Gasteiger partial charge in [0.25, 0.3) is 6.20 Å². The Morgan fingerprint density at radius 2 is 0.964 bits per heavy atom. The lowest BCUT2D eigenvalue weighted by atomic mass is 9.87. The Bertz CT molecular complexity index is 2730. The third-order valence-electron chi connectivity index (χ3n) is 9.67. The van der Waals surface area contributed by atoms with Gasteiger partial charge in [-0.25, -0.2) is 0 Å². The van der Waals surface area contributed by atoms with Gasteiger partial charge in [0.1, 0.15) is 23.0 Å². The van der Waals surface area contributed by atoms with E-state index in [1.165, 1.54) is 0 Å². The highest BCUT2D eigenvalue weighted by atomic mass is 16.5. The molecule has 0 radical (unpaired) electrons. The fourth-order valence-corrected chi connectivity index (χ4v) is 7.04. The number of rotatable bonds is 10. The summed E-state index contributed by atoms with van der Waals surface area (Å²) in [6.45, 7) is 0. The second-order valence-corrected chi connectivity index (χ2v) is 13.6. The van der Waals surface area contributed by atoms with Crippen molar-refractivity contribution < 1.29 is 18.6 Å². The van der Waals surface area contributed by atoms with Crippen LogP contribution in [0.2, 0.25) is 0 Å². The standard InChI is InChI=1S/C51H37N3O2/c1-53-28-29-54(36-53)43-30-42(51-48(37-14-5-2-6-15-37)24-13-25-49(51)38-16-7-3-8-17-38)33-47(35-43)56-46-23-12-19-41(32-46)50-34-40(26-27-52-50)39-18-11-22-45(31-39)55-44-20-9-4-10-21-44/h2-35H,1H3/q+2. The number of pyridine rings is 1. The molecule has 0 spiro atoms. The van der Waals surface area contributed by atoms with Crippen LogP contribution >= 0.6 is 0 Å². The first-order valence-corrected chi connectivity index (χ1v) is 18.6. The Morgan fingerprint density at radius 1 is 0.429 bits per heavy atom. The van der Waals surface area contributed by atoms with E-state index in [1.54, 1.807) is 0 Å². The minimum atomic E-state index is 0.706. The summed E-state index contributed by atoms with van der Waals surface area (Å²) in [7, 11) is 1.97. The summed E-state index contributed by atoms with van der Waals surface area (Å²) in [4.78, 5) is 4.76. The normalized spacial score (nSPS) is 11.9. The first-order chi connectivity index (χ1) is 27.6. The smallest absolute Gasteiger partial charge is 0.457 e. The molecule has 0 saturated carbocycles. The molecule has 0 atom stereocenters. The van der Waals surface area contributed by atoms with Gasteiger partial charge in [0.05, 0.1) is 11.8 Å². The largest absolute Gasteiger partial charge is 0.495 e. The van der Waals surface area contributed by atoms with Crippen molar-refractivity contribution in [3.63, 3.8) is 0 Å². The van der Waals surface area contributed by atoms with Gasteiger partial charge in [-0.05, 0) is 99.1 Å². The molecule has 0 saturated heterocycles. The predicted molar refractivity (Wildman–Crippen MR) is 225 cm³/mol. The van der Waals surface area contributed by atoms with Crippen molar-refractivity contribution in [2.24, 2.45) is 0 Å².